The van der Waals surface area contributed by atoms with E-state index in [1.54, 1.807) is 31.2 Å². The number of amides is 1. The standard InChI is InChI=1S/C19H16BrNO4/c1-2-24-18(22)12-21-15-8-3-4-9-16(15)25-17(19(21)23)11-13-6-5-7-14(20)10-13/h3-11H,2,12H2,1H3/b17-11-. The molecule has 2 aromatic rings. The molecule has 1 amide bonds. The van der Waals surface area contributed by atoms with Crippen LogP contribution in [0.2, 0.25) is 0 Å². The third-order valence-electron chi connectivity index (χ3n) is 3.57. The molecule has 25 heavy (non-hydrogen) atoms. The zero-order chi connectivity index (χ0) is 17.8. The smallest absolute Gasteiger partial charge is 0.326 e. The highest BCUT2D eigenvalue weighted by molar-refractivity contribution is 9.10. The molecule has 0 fully saturated rings. The minimum absolute atomic E-state index is 0.154. The second kappa shape index (κ2) is 7.53. The van der Waals surface area contributed by atoms with Gasteiger partial charge in [0, 0.05) is 4.47 Å². The summed E-state index contributed by atoms with van der Waals surface area (Å²) in [5, 5.41) is 0. The summed E-state index contributed by atoms with van der Waals surface area (Å²) in [6.07, 6.45) is 1.65. The molecule has 0 saturated carbocycles. The fourth-order valence-electron chi connectivity index (χ4n) is 2.50. The summed E-state index contributed by atoms with van der Waals surface area (Å²) in [4.78, 5) is 26.1. The summed E-state index contributed by atoms with van der Waals surface area (Å²) < 4.78 is 11.6. The van der Waals surface area contributed by atoms with Crippen molar-refractivity contribution < 1.29 is 19.1 Å². The largest absolute Gasteiger partial charge is 0.465 e. The first kappa shape index (κ1) is 17.2. The van der Waals surface area contributed by atoms with Crippen LogP contribution in [0.25, 0.3) is 6.08 Å². The molecule has 0 radical (unpaired) electrons. The number of hydrogen-bond acceptors (Lipinski definition) is 4. The Bertz CT molecular complexity index is 847. The van der Waals surface area contributed by atoms with E-state index < -0.39 is 5.97 Å². The van der Waals surface area contributed by atoms with Crippen molar-refractivity contribution >= 4 is 39.6 Å². The van der Waals surface area contributed by atoms with Gasteiger partial charge in [0.2, 0.25) is 0 Å². The number of nitrogens with zero attached hydrogens (tertiary/aromatic N) is 1. The molecule has 2 aromatic carbocycles. The fraction of sp³-hybridized carbons (Fsp3) is 0.158. The number of anilines is 1. The molecule has 3 rings (SSSR count). The lowest BCUT2D eigenvalue weighted by Gasteiger charge is -2.29. The average Bonchev–Trinajstić information content (AvgIpc) is 2.59. The van der Waals surface area contributed by atoms with E-state index in [0.29, 0.717) is 11.4 Å². The van der Waals surface area contributed by atoms with E-state index >= 15 is 0 Å². The molecule has 1 aliphatic heterocycles. The minimum Gasteiger partial charge on any atom is -0.465 e. The van der Waals surface area contributed by atoms with Crippen LogP contribution in [0.15, 0.2) is 58.8 Å². The number of hydrogen-bond donors (Lipinski definition) is 0. The Labute approximate surface area is 154 Å². The second-order valence-corrected chi connectivity index (χ2v) is 6.25. The maximum atomic E-state index is 12.8. The molecule has 128 valence electrons. The number of para-hydroxylation sites is 2. The van der Waals surface area contributed by atoms with Crippen LogP contribution in [0.3, 0.4) is 0 Å². The van der Waals surface area contributed by atoms with Crippen LogP contribution >= 0.6 is 15.9 Å². The molecule has 6 heteroatoms. The average molecular weight is 402 g/mol. The first-order valence-corrected chi connectivity index (χ1v) is 8.59. The predicted octanol–water partition coefficient (Wildman–Crippen LogP) is 3.78. The molecular weight excluding hydrogens is 386 g/mol. The van der Waals surface area contributed by atoms with Crippen LogP contribution < -0.4 is 9.64 Å². The van der Waals surface area contributed by atoms with Gasteiger partial charge in [0.15, 0.2) is 11.5 Å². The van der Waals surface area contributed by atoms with Gasteiger partial charge >= 0.3 is 5.97 Å². The number of halogens is 1. The normalized spacial score (nSPS) is 14.9. The first-order valence-electron chi connectivity index (χ1n) is 7.80. The summed E-state index contributed by atoms with van der Waals surface area (Å²) in [6.45, 7) is 1.83. The molecule has 0 bridgehead atoms. The molecule has 0 unspecified atom stereocenters. The van der Waals surface area contributed by atoms with Crippen LogP contribution in [-0.2, 0) is 14.3 Å². The Kier molecular flexibility index (Phi) is 5.19. The van der Waals surface area contributed by atoms with Crippen LogP contribution in [0.4, 0.5) is 5.69 Å². The molecular formula is C19H16BrNO4. The Morgan fingerprint density at radius 2 is 2.04 bits per heavy atom. The number of carbonyl (C=O) groups is 2. The van der Waals surface area contributed by atoms with Gasteiger partial charge in [0.05, 0.1) is 12.3 Å². The van der Waals surface area contributed by atoms with E-state index in [0.717, 1.165) is 10.0 Å². The SMILES string of the molecule is CCOC(=O)CN1C(=O)/C(=C/c2cccc(Br)c2)Oc2ccccc21. The molecule has 1 aliphatic rings. The molecule has 0 atom stereocenters. The number of carbonyl (C=O) groups excluding carboxylic acids is 2. The van der Waals surface area contributed by atoms with Crippen LogP contribution in [-0.4, -0.2) is 25.0 Å². The lowest BCUT2D eigenvalue weighted by atomic mass is 10.1. The quantitative estimate of drug-likeness (QED) is 0.577. The highest BCUT2D eigenvalue weighted by Gasteiger charge is 2.31. The highest BCUT2D eigenvalue weighted by atomic mass is 79.9. The maximum Gasteiger partial charge on any atom is 0.326 e. The van der Waals surface area contributed by atoms with E-state index in [2.05, 4.69) is 15.9 Å². The van der Waals surface area contributed by atoms with Gasteiger partial charge in [-0.1, -0.05) is 40.2 Å². The van der Waals surface area contributed by atoms with Crippen LogP contribution in [0.1, 0.15) is 12.5 Å². The van der Waals surface area contributed by atoms with Crippen molar-refractivity contribution in [3.05, 3.63) is 64.3 Å². The van der Waals surface area contributed by atoms with Gasteiger partial charge < -0.3 is 9.47 Å². The summed E-state index contributed by atoms with van der Waals surface area (Å²) in [5.74, 6) is -0.171. The third-order valence-corrected chi connectivity index (χ3v) is 4.06. The van der Waals surface area contributed by atoms with Gasteiger partial charge in [0.1, 0.15) is 6.54 Å². The molecule has 0 aromatic heterocycles. The van der Waals surface area contributed by atoms with Gasteiger partial charge in [-0.15, -0.1) is 0 Å². The Balaban J connectivity index is 1.97. The fourth-order valence-corrected chi connectivity index (χ4v) is 2.92. The molecule has 1 heterocycles. The van der Waals surface area contributed by atoms with E-state index in [1.807, 2.05) is 30.3 Å². The predicted molar refractivity (Wildman–Crippen MR) is 98.2 cm³/mol. The van der Waals surface area contributed by atoms with E-state index in [-0.39, 0.29) is 24.8 Å². The minimum atomic E-state index is -0.464. The van der Waals surface area contributed by atoms with Gasteiger partial charge in [0.25, 0.3) is 5.91 Å². The number of ether oxygens (including phenoxy) is 2. The zero-order valence-corrected chi connectivity index (χ0v) is 15.2. The van der Waals surface area contributed by atoms with Crippen LogP contribution in [0, 0.1) is 0 Å². The van der Waals surface area contributed by atoms with Gasteiger partial charge in [-0.25, -0.2) is 0 Å². The Morgan fingerprint density at radius 3 is 2.80 bits per heavy atom. The number of benzene rings is 2. The summed E-state index contributed by atoms with van der Waals surface area (Å²) >= 11 is 3.40. The van der Waals surface area contributed by atoms with Crippen molar-refractivity contribution in [1.29, 1.82) is 0 Å². The van der Waals surface area contributed by atoms with Gasteiger partial charge in [-0.3, -0.25) is 14.5 Å². The molecule has 0 N–H and O–H groups in total. The highest BCUT2D eigenvalue weighted by Crippen LogP contribution is 2.35. The van der Waals surface area contributed by atoms with Crippen molar-refractivity contribution in [2.45, 2.75) is 6.92 Å². The van der Waals surface area contributed by atoms with Gasteiger partial charge in [-0.05, 0) is 42.8 Å². The molecule has 0 aliphatic carbocycles. The second-order valence-electron chi connectivity index (χ2n) is 5.33. The van der Waals surface area contributed by atoms with E-state index in [1.165, 1.54) is 4.90 Å². The maximum absolute atomic E-state index is 12.8. The lowest BCUT2D eigenvalue weighted by Crippen LogP contribution is -2.41. The molecule has 0 spiro atoms. The number of fused-ring (bicyclic) bond motifs is 1. The topological polar surface area (TPSA) is 55.8 Å². The van der Waals surface area contributed by atoms with E-state index in [9.17, 15) is 9.59 Å². The Morgan fingerprint density at radius 1 is 1.24 bits per heavy atom. The lowest BCUT2D eigenvalue weighted by molar-refractivity contribution is -0.142. The molecule has 5 nitrogen and oxygen atoms in total. The van der Waals surface area contributed by atoms with Crippen molar-refractivity contribution in [2.75, 3.05) is 18.1 Å². The first-order chi connectivity index (χ1) is 12.1. The van der Waals surface area contributed by atoms with Crippen LogP contribution in [0.5, 0.6) is 5.75 Å². The monoisotopic (exact) mass is 401 g/mol. The van der Waals surface area contributed by atoms with Crippen molar-refractivity contribution in [3.63, 3.8) is 0 Å². The summed E-state index contributed by atoms with van der Waals surface area (Å²) in [5.41, 5.74) is 1.36. The zero-order valence-electron chi connectivity index (χ0n) is 13.6. The van der Waals surface area contributed by atoms with Crippen molar-refractivity contribution in [3.8, 4) is 5.75 Å². The molecule has 0 saturated heterocycles. The number of esters is 1. The third kappa shape index (κ3) is 3.91. The van der Waals surface area contributed by atoms with E-state index in [4.69, 9.17) is 9.47 Å². The Hall–Kier alpha value is -2.60. The van der Waals surface area contributed by atoms with Gasteiger partial charge in [-0.2, -0.15) is 0 Å². The van der Waals surface area contributed by atoms with Crippen molar-refractivity contribution in [1.82, 2.24) is 0 Å². The van der Waals surface area contributed by atoms with Crippen molar-refractivity contribution in [2.24, 2.45) is 0 Å². The number of rotatable bonds is 4. The summed E-state index contributed by atoms with van der Waals surface area (Å²) in [6, 6.07) is 14.6. The summed E-state index contributed by atoms with van der Waals surface area (Å²) in [7, 11) is 0.